The van der Waals surface area contributed by atoms with Crippen LogP contribution < -0.4 is 5.73 Å². The Morgan fingerprint density at radius 3 is 2.70 bits per heavy atom. The van der Waals surface area contributed by atoms with E-state index >= 15 is 0 Å². The lowest BCUT2D eigenvalue weighted by molar-refractivity contribution is -0.128. The number of ketones is 1. The van der Waals surface area contributed by atoms with Crippen molar-refractivity contribution in [2.24, 2.45) is 5.73 Å². The fraction of sp³-hybridized carbons (Fsp3) is 0.467. The molecule has 2 N–H and O–H groups in total. The zero-order valence-corrected chi connectivity index (χ0v) is 12.3. The van der Waals surface area contributed by atoms with Gasteiger partial charge >= 0.3 is 0 Å². The van der Waals surface area contributed by atoms with E-state index in [0.29, 0.717) is 23.6 Å². The summed E-state index contributed by atoms with van der Waals surface area (Å²) in [6.45, 7) is 1.33. The summed E-state index contributed by atoms with van der Waals surface area (Å²) in [6.07, 6.45) is 2.02. The van der Waals surface area contributed by atoms with E-state index in [-0.39, 0.29) is 17.7 Å². The summed E-state index contributed by atoms with van der Waals surface area (Å²) in [4.78, 5) is 25.8. The molecule has 0 bridgehead atoms. The van der Waals surface area contributed by atoms with Crippen LogP contribution in [0.5, 0.6) is 0 Å². The molecule has 0 aromatic heterocycles. The van der Waals surface area contributed by atoms with Gasteiger partial charge in [-0.1, -0.05) is 30.3 Å². The van der Waals surface area contributed by atoms with E-state index in [0.717, 1.165) is 19.4 Å². The van der Waals surface area contributed by atoms with Crippen molar-refractivity contribution in [3.8, 4) is 0 Å². The van der Waals surface area contributed by atoms with Gasteiger partial charge in [0.2, 0.25) is 5.91 Å². The number of nitrogens with two attached hydrogens (primary N) is 1. The van der Waals surface area contributed by atoms with E-state index in [1.807, 2.05) is 23.1 Å². The first-order valence-electron chi connectivity index (χ1n) is 6.88. The minimum Gasteiger partial charge on any atom is -0.338 e. The molecule has 1 aliphatic rings. The Bertz CT molecular complexity index is 464. The molecule has 4 nitrogen and oxygen atoms in total. The standard InChI is InChI=1S/C15H20N2O2S/c16-9-13-7-4-8-17(13)15(19)11-20-10-14(18)12-5-2-1-3-6-12/h1-3,5-6,13H,4,7-11,16H2. The third-order valence-corrected chi connectivity index (χ3v) is 4.44. The highest BCUT2D eigenvalue weighted by atomic mass is 32.2. The van der Waals surface area contributed by atoms with Crippen LogP contribution in [0.25, 0.3) is 0 Å². The summed E-state index contributed by atoms with van der Waals surface area (Å²) < 4.78 is 0. The minimum atomic E-state index is 0.0696. The maximum atomic E-state index is 12.1. The van der Waals surface area contributed by atoms with Crippen LogP contribution in [0, 0.1) is 0 Å². The van der Waals surface area contributed by atoms with Crippen LogP contribution in [0.4, 0.5) is 0 Å². The van der Waals surface area contributed by atoms with Crippen molar-refractivity contribution in [2.75, 3.05) is 24.6 Å². The molecule has 1 amide bonds. The predicted octanol–water partition coefficient (Wildman–Crippen LogP) is 1.55. The molecule has 1 unspecified atom stereocenters. The average molecular weight is 292 g/mol. The summed E-state index contributed by atoms with van der Waals surface area (Å²) in [5, 5.41) is 0. The number of thioether (sulfide) groups is 1. The number of carbonyl (C=O) groups is 2. The number of amides is 1. The average Bonchev–Trinajstić information content (AvgIpc) is 2.96. The lowest BCUT2D eigenvalue weighted by atomic mass is 10.2. The molecule has 0 saturated carbocycles. The molecule has 0 spiro atoms. The third kappa shape index (κ3) is 3.84. The minimum absolute atomic E-state index is 0.0696. The van der Waals surface area contributed by atoms with Crippen molar-refractivity contribution in [2.45, 2.75) is 18.9 Å². The van der Waals surface area contributed by atoms with Gasteiger partial charge in [-0.25, -0.2) is 0 Å². The van der Waals surface area contributed by atoms with Gasteiger partial charge < -0.3 is 10.6 Å². The van der Waals surface area contributed by atoms with E-state index < -0.39 is 0 Å². The summed E-state index contributed by atoms with van der Waals surface area (Å²) in [6, 6.07) is 9.37. The molecule has 20 heavy (non-hydrogen) atoms. The SMILES string of the molecule is NCC1CCCN1C(=O)CSCC(=O)c1ccccc1. The van der Waals surface area contributed by atoms with Crippen molar-refractivity contribution < 1.29 is 9.59 Å². The van der Waals surface area contributed by atoms with Crippen LogP contribution in [0.3, 0.4) is 0 Å². The molecule has 1 aromatic rings. The van der Waals surface area contributed by atoms with E-state index in [2.05, 4.69) is 0 Å². The van der Waals surface area contributed by atoms with Gasteiger partial charge in [-0.05, 0) is 12.8 Å². The summed E-state index contributed by atoms with van der Waals surface area (Å²) in [5.41, 5.74) is 6.36. The topological polar surface area (TPSA) is 63.4 Å². The molecule has 0 aliphatic carbocycles. The first kappa shape index (κ1) is 15.1. The quantitative estimate of drug-likeness (QED) is 0.808. The summed E-state index contributed by atoms with van der Waals surface area (Å²) in [5.74, 6) is 0.871. The Balaban J connectivity index is 1.76. The highest BCUT2D eigenvalue weighted by Gasteiger charge is 2.27. The molecule has 1 atom stereocenters. The number of hydrogen-bond donors (Lipinski definition) is 1. The van der Waals surface area contributed by atoms with E-state index in [9.17, 15) is 9.59 Å². The van der Waals surface area contributed by atoms with Gasteiger partial charge in [-0.2, -0.15) is 0 Å². The highest BCUT2D eigenvalue weighted by molar-refractivity contribution is 8.00. The maximum absolute atomic E-state index is 12.1. The lowest BCUT2D eigenvalue weighted by Gasteiger charge is -2.23. The molecule has 2 rings (SSSR count). The van der Waals surface area contributed by atoms with Crippen LogP contribution in [-0.4, -0.2) is 47.2 Å². The molecule has 1 aliphatic heterocycles. The number of nitrogens with zero attached hydrogens (tertiary/aromatic N) is 1. The molecule has 1 heterocycles. The number of carbonyl (C=O) groups excluding carboxylic acids is 2. The Labute approximate surface area is 123 Å². The van der Waals surface area contributed by atoms with Gasteiger partial charge in [0, 0.05) is 24.7 Å². The van der Waals surface area contributed by atoms with Crippen LogP contribution in [0.2, 0.25) is 0 Å². The van der Waals surface area contributed by atoms with Gasteiger partial charge in [0.1, 0.15) is 0 Å². The monoisotopic (exact) mass is 292 g/mol. The zero-order valence-electron chi connectivity index (χ0n) is 11.5. The molecular formula is C15H20N2O2S. The second kappa shape index (κ2) is 7.45. The number of Topliss-reactive ketones (excluding diaryl/α,β-unsaturated/α-hetero) is 1. The predicted molar refractivity (Wildman–Crippen MR) is 81.9 cm³/mol. The first-order valence-corrected chi connectivity index (χ1v) is 8.03. The molecule has 1 saturated heterocycles. The van der Waals surface area contributed by atoms with Gasteiger partial charge in [-0.3, -0.25) is 9.59 Å². The Morgan fingerprint density at radius 2 is 2.00 bits per heavy atom. The molecule has 0 radical (unpaired) electrons. The Kier molecular flexibility index (Phi) is 5.61. The molecular weight excluding hydrogens is 272 g/mol. The smallest absolute Gasteiger partial charge is 0.232 e. The fourth-order valence-electron chi connectivity index (χ4n) is 2.43. The van der Waals surface area contributed by atoms with Gasteiger partial charge in [0.05, 0.1) is 11.5 Å². The number of rotatable bonds is 6. The van der Waals surface area contributed by atoms with Crippen LogP contribution in [0.1, 0.15) is 23.2 Å². The van der Waals surface area contributed by atoms with Crippen molar-refractivity contribution in [1.82, 2.24) is 4.90 Å². The van der Waals surface area contributed by atoms with Crippen molar-refractivity contribution in [3.63, 3.8) is 0 Å². The van der Waals surface area contributed by atoms with Crippen LogP contribution >= 0.6 is 11.8 Å². The Hall–Kier alpha value is -1.33. The number of hydrogen-bond acceptors (Lipinski definition) is 4. The van der Waals surface area contributed by atoms with Gasteiger partial charge in [0.15, 0.2) is 5.78 Å². The molecule has 1 aromatic carbocycles. The molecule has 5 heteroatoms. The largest absolute Gasteiger partial charge is 0.338 e. The van der Waals surface area contributed by atoms with E-state index in [4.69, 9.17) is 5.73 Å². The summed E-state index contributed by atoms with van der Waals surface area (Å²) >= 11 is 1.38. The molecule has 108 valence electrons. The third-order valence-electron chi connectivity index (χ3n) is 3.52. The second-order valence-corrected chi connectivity index (χ2v) is 5.89. The van der Waals surface area contributed by atoms with Gasteiger partial charge in [0.25, 0.3) is 0 Å². The van der Waals surface area contributed by atoms with E-state index in [1.54, 1.807) is 12.1 Å². The summed E-state index contributed by atoms with van der Waals surface area (Å²) in [7, 11) is 0. The zero-order chi connectivity index (χ0) is 14.4. The van der Waals surface area contributed by atoms with Crippen LogP contribution in [0.15, 0.2) is 30.3 Å². The fourth-order valence-corrected chi connectivity index (χ4v) is 3.22. The lowest BCUT2D eigenvalue weighted by Crippen LogP contribution is -2.40. The van der Waals surface area contributed by atoms with Gasteiger partial charge in [-0.15, -0.1) is 11.8 Å². The maximum Gasteiger partial charge on any atom is 0.232 e. The Morgan fingerprint density at radius 1 is 1.25 bits per heavy atom. The second-order valence-electron chi connectivity index (χ2n) is 4.90. The molecule has 1 fully saturated rings. The van der Waals surface area contributed by atoms with Crippen LogP contribution in [-0.2, 0) is 4.79 Å². The van der Waals surface area contributed by atoms with E-state index in [1.165, 1.54) is 11.8 Å². The first-order chi connectivity index (χ1) is 9.72. The number of likely N-dealkylation sites (tertiary alicyclic amines) is 1. The normalized spacial score (nSPS) is 18.2. The highest BCUT2D eigenvalue weighted by Crippen LogP contribution is 2.18. The van der Waals surface area contributed by atoms with Crippen molar-refractivity contribution in [1.29, 1.82) is 0 Å². The van der Waals surface area contributed by atoms with Crippen molar-refractivity contribution in [3.05, 3.63) is 35.9 Å². The van der Waals surface area contributed by atoms with Crippen molar-refractivity contribution >= 4 is 23.5 Å². The number of benzene rings is 1.